The van der Waals surface area contributed by atoms with Gasteiger partial charge in [-0.05, 0) is 37.3 Å². The number of guanidine groups is 1. The molecule has 0 fully saturated rings. The van der Waals surface area contributed by atoms with E-state index >= 15 is 0 Å². The standard InChI is InChI=1S/C16H17ClN6/c1-9-15-13(21-8-20-9)6-10(7-14(15)22-23-16(18)19)11-4-2-3-5-12(11)17/h2-5,8,10H,6-7H2,1H3,(H4,18,19,23)/b22-14-. The van der Waals surface area contributed by atoms with Gasteiger partial charge in [0, 0.05) is 10.6 Å². The van der Waals surface area contributed by atoms with Gasteiger partial charge in [0.1, 0.15) is 6.33 Å². The molecular weight excluding hydrogens is 312 g/mol. The number of fused-ring (bicyclic) bond motifs is 1. The predicted molar refractivity (Wildman–Crippen MR) is 91.6 cm³/mol. The molecule has 0 bridgehead atoms. The first kappa shape index (κ1) is 15.4. The molecule has 3 rings (SSSR count). The van der Waals surface area contributed by atoms with Crippen LogP contribution in [0.5, 0.6) is 0 Å². The fourth-order valence-corrected chi connectivity index (χ4v) is 3.22. The van der Waals surface area contributed by atoms with Crippen molar-refractivity contribution in [2.45, 2.75) is 25.7 Å². The Morgan fingerprint density at radius 2 is 2.00 bits per heavy atom. The number of rotatable bonds is 2. The van der Waals surface area contributed by atoms with E-state index in [1.165, 1.54) is 0 Å². The molecule has 1 aromatic heterocycles. The third-order valence-corrected chi connectivity index (χ3v) is 4.26. The molecule has 7 heteroatoms. The largest absolute Gasteiger partial charge is 0.369 e. The van der Waals surface area contributed by atoms with Crippen molar-refractivity contribution in [1.82, 2.24) is 9.97 Å². The van der Waals surface area contributed by atoms with Gasteiger partial charge in [-0.25, -0.2) is 9.97 Å². The minimum atomic E-state index is -0.0755. The van der Waals surface area contributed by atoms with Crippen LogP contribution in [0.25, 0.3) is 0 Å². The lowest BCUT2D eigenvalue weighted by atomic mass is 9.81. The van der Waals surface area contributed by atoms with Gasteiger partial charge in [-0.2, -0.15) is 5.10 Å². The SMILES string of the molecule is Cc1ncnc2c1/C(=N\N=C(N)N)CC(c1ccccc1Cl)C2. The van der Waals surface area contributed by atoms with E-state index in [0.717, 1.165) is 39.7 Å². The molecular formula is C16H17ClN6. The van der Waals surface area contributed by atoms with Crippen molar-refractivity contribution in [3.8, 4) is 0 Å². The van der Waals surface area contributed by atoms with Gasteiger partial charge in [0.15, 0.2) is 0 Å². The van der Waals surface area contributed by atoms with Crippen LogP contribution in [0.3, 0.4) is 0 Å². The van der Waals surface area contributed by atoms with Crippen LogP contribution in [0, 0.1) is 6.92 Å². The summed E-state index contributed by atoms with van der Waals surface area (Å²) in [6.07, 6.45) is 3.03. The molecule has 0 spiro atoms. The number of aromatic nitrogens is 2. The highest BCUT2D eigenvalue weighted by Gasteiger charge is 2.28. The maximum Gasteiger partial charge on any atom is 0.211 e. The lowest BCUT2D eigenvalue weighted by Gasteiger charge is -2.26. The van der Waals surface area contributed by atoms with Gasteiger partial charge in [-0.3, -0.25) is 0 Å². The number of nitrogens with two attached hydrogens (primary N) is 2. The maximum atomic E-state index is 6.35. The smallest absolute Gasteiger partial charge is 0.211 e. The number of aryl methyl sites for hydroxylation is 1. The molecule has 0 saturated carbocycles. The summed E-state index contributed by atoms with van der Waals surface area (Å²) in [4.78, 5) is 8.67. The lowest BCUT2D eigenvalue weighted by molar-refractivity contribution is 0.673. The maximum absolute atomic E-state index is 6.35. The van der Waals surface area contributed by atoms with Crippen LogP contribution < -0.4 is 11.5 Å². The quantitative estimate of drug-likeness (QED) is 0.501. The number of halogens is 1. The molecule has 0 aliphatic heterocycles. The van der Waals surface area contributed by atoms with Crippen molar-refractivity contribution in [3.63, 3.8) is 0 Å². The molecule has 6 nitrogen and oxygen atoms in total. The molecule has 1 heterocycles. The van der Waals surface area contributed by atoms with E-state index < -0.39 is 0 Å². The zero-order valence-electron chi connectivity index (χ0n) is 12.7. The zero-order chi connectivity index (χ0) is 16.4. The van der Waals surface area contributed by atoms with Gasteiger partial charge in [0.25, 0.3) is 0 Å². The summed E-state index contributed by atoms with van der Waals surface area (Å²) in [5.41, 5.74) is 15.4. The Bertz CT molecular complexity index is 795. The summed E-state index contributed by atoms with van der Waals surface area (Å²) < 4.78 is 0. The Balaban J connectivity index is 2.08. The second-order valence-corrected chi connectivity index (χ2v) is 5.89. The fraction of sp³-hybridized carbons (Fsp3) is 0.250. The molecule has 1 aromatic carbocycles. The van der Waals surface area contributed by atoms with Crippen LogP contribution in [-0.4, -0.2) is 21.6 Å². The van der Waals surface area contributed by atoms with Crippen LogP contribution in [0.2, 0.25) is 5.02 Å². The number of hydrogen-bond acceptors (Lipinski definition) is 4. The first-order valence-corrected chi connectivity index (χ1v) is 7.64. The second-order valence-electron chi connectivity index (χ2n) is 5.48. The highest BCUT2D eigenvalue weighted by atomic mass is 35.5. The van der Waals surface area contributed by atoms with Gasteiger partial charge in [-0.15, -0.1) is 5.10 Å². The van der Waals surface area contributed by atoms with Crippen molar-refractivity contribution in [1.29, 1.82) is 0 Å². The van der Waals surface area contributed by atoms with E-state index in [-0.39, 0.29) is 11.9 Å². The average Bonchev–Trinajstić information content (AvgIpc) is 2.53. The van der Waals surface area contributed by atoms with Gasteiger partial charge >= 0.3 is 0 Å². The van der Waals surface area contributed by atoms with Crippen molar-refractivity contribution in [3.05, 3.63) is 58.1 Å². The first-order valence-electron chi connectivity index (χ1n) is 7.27. The summed E-state index contributed by atoms with van der Waals surface area (Å²) in [7, 11) is 0. The summed E-state index contributed by atoms with van der Waals surface area (Å²) in [5.74, 6) is 0.104. The molecule has 0 radical (unpaired) electrons. The summed E-state index contributed by atoms with van der Waals surface area (Å²) in [6.45, 7) is 1.93. The molecule has 1 atom stereocenters. The van der Waals surface area contributed by atoms with E-state index in [0.29, 0.717) is 6.42 Å². The minimum Gasteiger partial charge on any atom is -0.369 e. The molecule has 2 aromatic rings. The molecule has 1 unspecified atom stereocenters. The Labute approximate surface area is 139 Å². The molecule has 4 N–H and O–H groups in total. The normalized spacial score (nSPS) is 18.5. The Hall–Kier alpha value is -2.47. The minimum absolute atomic E-state index is 0.0755. The van der Waals surface area contributed by atoms with Crippen LogP contribution in [-0.2, 0) is 6.42 Å². The Morgan fingerprint density at radius 1 is 1.22 bits per heavy atom. The van der Waals surface area contributed by atoms with Crippen molar-refractivity contribution in [2.75, 3.05) is 0 Å². The van der Waals surface area contributed by atoms with Crippen LogP contribution in [0.4, 0.5) is 0 Å². The van der Waals surface area contributed by atoms with Crippen molar-refractivity contribution in [2.24, 2.45) is 21.7 Å². The van der Waals surface area contributed by atoms with Crippen LogP contribution >= 0.6 is 11.6 Å². The van der Waals surface area contributed by atoms with E-state index in [1.54, 1.807) is 6.33 Å². The van der Waals surface area contributed by atoms with Gasteiger partial charge < -0.3 is 11.5 Å². The summed E-state index contributed by atoms with van der Waals surface area (Å²) in [5, 5.41) is 8.78. The summed E-state index contributed by atoms with van der Waals surface area (Å²) >= 11 is 6.35. The highest BCUT2D eigenvalue weighted by molar-refractivity contribution is 6.31. The fourth-order valence-electron chi connectivity index (χ4n) is 2.93. The number of benzene rings is 1. The van der Waals surface area contributed by atoms with Crippen molar-refractivity contribution >= 4 is 23.3 Å². The monoisotopic (exact) mass is 328 g/mol. The average molecular weight is 329 g/mol. The van der Waals surface area contributed by atoms with Gasteiger partial charge in [-0.1, -0.05) is 29.8 Å². The van der Waals surface area contributed by atoms with Gasteiger partial charge in [0.05, 0.1) is 17.1 Å². The lowest BCUT2D eigenvalue weighted by Crippen LogP contribution is -2.24. The van der Waals surface area contributed by atoms with Crippen LogP contribution in [0.15, 0.2) is 40.8 Å². The van der Waals surface area contributed by atoms with E-state index in [1.807, 2.05) is 31.2 Å². The predicted octanol–water partition coefficient (Wildman–Crippen LogP) is 2.15. The molecule has 0 amide bonds. The van der Waals surface area contributed by atoms with Gasteiger partial charge in [0.2, 0.25) is 5.96 Å². The Morgan fingerprint density at radius 3 is 2.74 bits per heavy atom. The van der Waals surface area contributed by atoms with Crippen molar-refractivity contribution < 1.29 is 0 Å². The molecule has 0 saturated heterocycles. The number of nitrogens with zero attached hydrogens (tertiary/aromatic N) is 4. The topological polar surface area (TPSA) is 103 Å². The third-order valence-electron chi connectivity index (χ3n) is 3.91. The van der Waals surface area contributed by atoms with E-state index in [2.05, 4.69) is 20.2 Å². The first-order chi connectivity index (χ1) is 11.1. The molecule has 1 aliphatic carbocycles. The third kappa shape index (κ3) is 3.17. The molecule has 1 aliphatic rings. The highest BCUT2D eigenvalue weighted by Crippen LogP contribution is 2.36. The van der Waals surface area contributed by atoms with E-state index in [9.17, 15) is 0 Å². The molecule has 118 valence electrons. The number of hydrogen-bond donors (Lipinski definition) is 2. The Kier molecular flexibility index (Phi) is 4.25. The van der Waals surface area contributed by atoms with E-state index in [4.69, 9.17) is 23.1 Å². The summed E-state index contributed by atoms with van der Waals surface area (Å²) in [6, 6.07) is 7.83. The van der Waals surface area contributed by atoms with Crippen LogP contribution in [0.1, 0.15) is 34.9 Å². The zero-order valence-corrected chi connectivity index (χ0v) is 13.5. The second kappa shape index (κ2) is 6.34. The molecule has 23 heavy (non-hydrogen) atoms.